The van der Waals surface area contributed by atoms with Gasteiger partial charge >= 0.3 is 6.09 Å². The minimum atomic E-state index is -1.53. The third-order valence-corrected chi connectivity index (χ3v) is 2.88. The van der Waals surface area contributed by atoms with Crippen LogP contribution in [0, 0.1) is 17.5 Å². The van der Waals surface area contributed by atoms with Crippen molar-refractivity contribution in [3.63, 3.8) is 0 Å². The molecule has 7 heteroatoms. The predicted molar refractivity (Wildman–Crippen MR) is 59.0 cm³/mol. The molecular weight excluding hydrogens is 263 g/mol. The van der Waals surface area contributed by atoms with Gasteiger partial charge < -0.3 is 15.2 Å². The molecule has 0 radical (unpaired) electrons. The molecule has 0 aromatic heterocycles. The number of halogens is 3. The maximum atomic E-state index is 13.0. The van der Waals surface area contributed by atoms with Gasteiger partial charge in [0.2, 0.25) is 0 Å². The molecule has 1 aliphatic rings. The second-order valence-corrected chi connectivity index (χ2v) is 4.31. The molecule has 1 aromatic rings. The maximum absolute atomic E-state index is 13.0. The molecule has 1 saturated carbocycles. The van der Waals surface area contributed by atoms with Gasteiger partial charge in [-0.1, -0.05) is 0 Å². The van der Waals surface area contributed by atoms with Crippen LogP contribution in [-0.4, -0.2) is 18.3 Å². The molecule has 0 spiro atoms. The SMILES string of the molecule is NC(=O)O[C@H]1CC[C@H](Oc2cc(F)c(F)c(F)c2)C1. The first-order chi connectivity index (χ1) is 8.95. The van der Waals surface area contributed by atoms with E-state index in [-0.39, 0.29) is 18.0 Å². The smallest absolute Gasteiger partial charge is 0.404 e. The van der Waals surface area contributed by atoms with Crippen molar-refractivity contribution >= 4 is 6.09 Å². The molecule has 0 unspecified atom stereocenters. The van der Waals surface area contributed by atoms with Gasteiger partial charge in [0.15, 0.2) is 17.5 Å². The highest BCUT2D eigenvalue weighted by Crippen LogP contribution is 2.28. The number of ether oxygens (including phenoxy) is 2. The van der Waals surface area contributed by atoms with E-state index in [9.17, 15) is 18.0 Å². The van der Waals surface area contributed by atoms with Crippen LogP contribution < -0.4 is 10.5 Å². The van der Waals surface area contributed by atoms with Crippen molar-refractivity contribution in [2.45, 2.75) is 31.5 Å². The summed E-state index contributed by atoms with van der Waals surface area (Å²) in [5, 5.41) is 0. The van der Waals surface area contributed by atoms with Gasteiger partial charge in [-0.3, -0.25) is 0 Å². The molecule has 0 bridgehead atoms. The molecule has 1 aliphatic carbocycles. The zero-order chi connectivity index (χ0) is 14.0. The number of amides is 1. The lowest BCUT2D eigenvalue weighted by Gasteiger charge is -2.14. The standard InChI is InChI=1S/C12H12F3NO3/c13-9-4-8(5-10(14)11(9)15)18-6-1-2-7(3-6)19-12(16)17/h4-7H,1-3H2,(H2,16,17)/t6-,7-/m0/s1. The van der Waals surface area contributed by atoms with Crippen LogP contribution in [0.15, 0.2) is 12.1 Å². The number of rotatable bonds is 3. The average molecular weight is 275 g/mol. The maximum Gasteiger partial charge on any atom is 0.404 e. The van der Waals surface area contributed by atoms with Crippen molar-refractivity contribution in [2.75, 3.05) is 0 Å². The lowest BCUT2D eigenvalue weighted by Crippen LogP contribution is -2.22. The monoisotopic (exact) mass is 275 g/mol. The Morgan fingerprint density at radius 3 is 2.32 bits per heavy atom. The topological polar surface area (TPSA) is 61.6 Å². The summed E-state index contributed by atoms with van der Waals surface area (Å²) < 4.78 is 48.8. The van der Waals surface area contributed by atoms with Gasteiger partial charge in [-0.2, -0.15) is 0 Å². The summed E-state index contributed by atoms with van der Waals surface area (Å²) in [4.78, 5) is 10.6. The van der Waals surface area contributed by atoms with Crippen molar-refractivity contribution in [3.05, 3.63) is 29.6 Å². The predicted octanol–water partition coefficient (Wildman–Crippen LogP) is 2.50. The third-order valence-electron chi connectivity index (χ3n) is 2.88. The Labute approximate surface area is 107 Å². The Bertz CT molecular complexity index is 472. The van der Waals surface area contributed by atoms with Crippen LogP contribution in [-0.2, 0) is 4.74 Å². The van der Waals surface area contributed by atoms with Crippen LogP contribution in [0.5, 0.6) is 5.75 Å². The first-order valence-corrected chi connectivity index (χ1v) is 5.73. The van der Waals surface area contributed by atoms with E-state index < -0.39 is 23.5 Å². The van der Waals surface area contributed by atoms with Gasteiger partial charge in [0.25, 0.3) is 0 Å². The summed E-state index contributed by atoms with van der Waals surface area (Å²) in [6.45, 7) is 0. The fraction of sp³-hybridized carbons (Fsp3) is 0.417. The number of nitrogens with two attached hydrogens (primary N) is 1. The Morgan fingerprint density at radius 1 is 1.16 bits per heavy atom. The van der Waals surface area contributed by atoms with Gasteiger partial charge in [-0.25, -0.2) is 18.0 Å². The number of benzene rings is 1. The zero-order valence-corrected chi connectivity index (χ0v) is 9.87. The fourth-order valence-corrected chi connectivity index (χ4v) is 2.07. The molecule has 1 aromatic carbocycles. The Morgan fingerprint density at radius 2 is 1.74 bits per heavy atom. The second-order valence-electron chi connectivity index (χ2n) is 4.31. The Hall–Kier alpha value is -1.92. The minimum absolute atomic E-state index is 0.0962. The molecule has 1 fully saturated rings. The highest BCUT2D eigenvalue weighted by Gasteiger charge is 2.29. The minimum Gasteiger partial charge on any atom is -0.490 e. The first-order valence-electron chi connectivity index (χ1n) is 5.73. The molecule has 0 aliphatic heterocycles. The second kappa shape index (κ2) is 5.38. The van der Waals surface area contributed by atoms with Crippen LogP contribution in [0.3, 0.4) is 0 Å². The van der Waals surface area contributed by atoms with Crippen molar-refractivity contribution in [3.8, 4) is 5.75 Å². The summed E-state index contributed by atoms with van der Waals surface area (Å²) in [5.74, 6) is -4.24. The number of primary amides is 1. The van der Waals surface area contributed by atoms with E-state index in [1.54, 1.807) is 0 Å². The van der Waals surface area contributed by atoms with E-state index >= 15 is 0 Å². The highest BCUT2D eigenvalue weighted by atomic mass is 19.2. The molecular formula is C12H12F3NO3. The first kappa shape index (κ1) is 13.5. The normalized spacial score (nSPS) is 22.3. The van der Waals surface area contributed by atoms with E-state index in [1.807, 2.05) is 0 Å². The van der Waals surface area contributed by atoms with E-state index in [0.29, 0.717) is 19.3 Å². The lowest BCUT2D eigenvalue weighted by atomic mass is 10.2. The van der Waals surface area contributed by atoms with Crippen LogP contribution in [0.4, 0.5) is 18.0 Å². The van der Waals surface area contributed by atoms with Gasteiger partial charge in [-0.15, -0.1) is 0 Å². The molecule has 2 N–H and O–H groups in total. The van der Waals surface area contributed by atoms with E-state index in [2.05, 4.69) is 0 Å². The molecule has 0 heterocycles. The van der Waals surface area contributed by atoms with E-state index in [1.165, 1.54) is 0 Å². The average Bonchev–Trinajstić information content (AvgIpc) is 2.72. The molecule has 4 nitrogen and oxygen atoms in total. The van der Waals surface area contributed by atoms with Crippen LogP contribution >= 0.6 is 0 Å². The van der Waals surface area contributed by atoms with Gasteiger partial charge in [0.05, 0.1) is 0 Å². The van der Waals surface area contributed by atoms with Gasteiger partial charge in [0, 0.05) is 18.6 Å². The quantitative estimate of drug-likeness (QED) is 0.862. The number of carbonyl (C=O) groups is 1. The fourth-order valence-electron chi connectivity index (χ4n) is 2.07. The van der Waals surface area contributed by atoms with Gasteiger partial charge in [-0.05, 0) is 12.8 Å². The summed E-state index contributed by atoms with van der Waals surface area (Å²) in [6, 6.07) is 1.56. The van der Waals surface area contributed by atoms with Crippen molar-refractivity contribution in [1.82, 2.24) is 0 Å². The van der Waals surface area contributed by atoms with Crippen molar-refractivity contribution in [1.29, 1.82) is 0 Å². The molecule has 19 heavy (non-hydrogen) atoms. The summed E-state index contributed by atoms with van der Waals surface area (Å²) in [6.07, 6.45) is -0.0993. The van der Waals surface area contributed by atoms with Crippen LogP contribution in [0.1, 0.15) is 19.3 Å². The van der Waals surface area contributed by atoms with Gasteiger partial charge in [0.1, 0.15) is 18.0 Å². The lowest BCUT2D eigenvalue weighted by molar-refractivity contribution is 0.100. The Kier molecular flexibility index (Phi) is 3.82. The number of carbonyl (C=O) groups excluding carboxylic acids is 1. The van der Waals surface area contributed by atoms with Crippen LogP contribution in [0.25, 0.3) is 0 Å². The molecule has 1 amide bonds. The number of hydrogen-bond acceptors (Lipinski definition) is 3. The third kappa shape index (κ3) is 3.30. The Balaban J connectivity index is 1.97. The molecule has 2 rings (SSSR count). The summed E-state index contributed by atoms with van der Waals surface area (Å²) >= 11 is 0. The molecule has 104 valence electrons. The number of hydrogen-bond donors (Lipinski definition) is 1. The van der Waals surface area contributed by atoms with Crippen molar-refractivity contribution < 1.29 is 27.4 Å². The van der Waals surface area contributed by atoms with E-state index in [0.717, 1.165) is 12.1 Å². The zero-order valence-electron chi connectivity index (χ0n) is 9.87. The largest absolute Gasteiger partial charge is 0.490 e. The highest BCUT2D eigenvalue weighted by molar-refractivity contribution is 5.64. The van der Waals surface area contributed by atoms with E-state index in [4.69, 9.17) is 15.2 Å². The summed E-state index contributed by atoms with van der Waals surface area (Å²) in [7, 11) is 0. The summed E-state index contributed by atoms with van der Waals surface area (Å²) in [5.41, 5.74) is 4.88. The van der Waals surface area contributed by atoms with Crippen molar-refractivity contribution in [2.24, 2.45) is 5.73 Å². The molecule has 0 saturated heterocycles. The van der Waals surface area contributed by atoms with Crippen LogP contribution in [0.2, 0.25) is 0 Å². The molecule has 2 atom stereocenters.